The number of anilines is 1. The van der Waals surface area contributed by atoms with Crippen molar-refractivity contribution in [3.05, 3.63) is 29.3 Å². The Morgan fingerprint density at radius 1 is 1.33 bits per heavy atom. The molecule has 0 unspecified atom stereocenters. The average Bonchev–Trinajstić information content (AvgIpc) is 2.05. The third-order valence-electron chi connectivity index (χ3n) is 2.33. The molecule has 0 aliphatic rings. The van der Waals surface area contributed by atoms with Crippen molar-refractivity contribution >= 4 is 22.7 Å². The zero-order chi connectivity index (χ0) is 11.6. The molecular formula is C12H16ClNO. The van der Waals surface area contributed by atoms with Crippen molar-refractivity contribution in [1.29, 1.82) is 0 Å². The molecule has 0 aromatic heterocycles. The number of nitrogens with one attached hydrogen (secondary N) is 1. The van der Waals surface area contributed by atoms with E-state index in [1.54, 1.807) is 0 Å². The van der Waals surface area contributed by atoms with Gasteiger partial charge in [-0.15, -0.1) is 0 Å². The first kappa shape index (κ1) is 12.1. The van der Waals surface area contributed by atoms with Gasteiger partial charge in [0.25, 0.3) is 0 Å². The molecule has 0 atom stereocenters. The van der Waals surface area contributed by atoms with Crippen LogP contribution in [0.1, 0.15) is 31.9 Å². The first-order valence-corrected chi connectivity index (χ1v) is 5.26. The van der Waals surface area contributed by atoms with E-state index < -0.39 is 5.37 Å². The predicted octanol–water partition coefficient (Wildman–Crippen LogP) is 4.06. The van der Waals surface area contributed by atoms with Crippen LogP contribution >= 0.6 is 11.6 Å². The summed E-state index contributed by atoms with van der Waals surface area (Å²) in [6.45, 7) is 8.42. The van der Waals surface area contributed by atoms with Crippen LogP contribution in [0.5, 0.6) is 0 Å². The van der Waals surface area contributed by atoms with E-state index in [1.165, 1.54) is 5.56 Å². The molecule has 0 bridgehead atoms. The average molecular weight is 226 g/mol. The number of hydrogen-bond donors (Lipinski definition) is 1. The summed E-state index contributed by atoms with van der Waals surface area (Å²) >= 11 is 5.26. The van der Waals surface area contributed by atoms with E-state index in [-0.39, 0.29) is 5.41 Å². The SMILES string of the molecule is Cc1cc(C(C)(C)C)ccc1NC(=O)Cl. The van der Waals surface area contributed by atoms with Gasteiger partial charge in [0.15, 0.2) is 0 Å². The molecule has 0 aliphatic carbocycles. The van der Waals surface area contributed by atoms with E-state index in [4.69, 9.17) is 11.6 Å². The van der Waals surface area contributed by atoms with Gasteiger partial charge in [-0.1, -0.05) is 32.9 Å². The van der Waals surface area contributed by atoms with Crippen molar-refractivity contribution in [3.8, 4) is 0 Å². The molecule has 0 saturated heterocycles. The summed E-state index contributed by atoms with van der Waals surface area (Å²) in [5.41, 5.74) is 3.15. The highest BCUT2D eigenvalue weighted by Crippen LogP contribution is 2.26. The van der Waals surface area contributed by atoms with Gasteiger partial charge in [0.1, 0.15) is 0 Å². The molecule has 0 fully saturated rings. The minimum atomic E-state index is -0.554. The highest BCUT2D eigenvalue weighted by molar-refractivity contribution is 6.65. The number of carbonyl (C=O) groups excluding carboxylic acids is 1. The van der Waals surface area contributed by atoms with E-state index in [0.29, 0.717) is 0 Å². The molecule has 82 valence electrons. The van der Waals surface area contributed by atoms with Gasteiger partial charge in [0.05, 0.1) is 0 Å². The van der Waals surface area contributed by atoms with E-state index in [9.17, 15) is 4.79 Å². The molecule has 1 rings (SSSR count). The van der Waals surface area contributed by atoms with Gasteiger partial charge in [-0.05, 0) is 41.1 Å². The molecule has 1 aromatic carbocycles. The Kier molecular flexibility index (Phi) is 3.40. The topological polar surface area (TPSA) is 29.1 Å². The first-order chi connectivity index (χ1) is 6.80. The molecular weight excluding hydrogens is 210 g/mol. The number of carbonyl (C=O) groups is 1. The Morgan fingerprint density at radius 3 is 2.33 bits per heavy atom. The van der Waals surface area contributed by atoms with Crippen LogP contribution in [0.2, 0.25) is 0 Å². The summed E-state index contributed by atoms with van der Waals surface area (Å²) in [4.78, 5) is 10.7. The number of hydrogen-bond acceptors (Lipinski definition) is 1. The van der Waals surface area contributed by atoms with Crippen LogP contribution in [0, 0.1) is 6.92 Å². The molecule has 15 heavy (non-hydrogen) atoms. The summed E-state index contributed by atoms with van der Waals surface area (Å²) in [6, 6.07) is 5.97. The fourth-order valence-electron chi connectivity index (χ4n) is 1.38. The maximum Gasteiger partial charge on any atom is 0.318 e. The predicted molar refractivity (Wildman–Crippen MR) is 64.8 cm³/mol. The maximum atomic E-state index is 10.7. The van der Waals surface area contributed by atoms with Crippen LogP contribution in [-0.2, 0) is 5.41 Å². The minimum Gasteiger partial charge on any atom is -0.312 e. The zero-order valence-corrected chi connectivity index (χ0v) is 10.3. The largest absolute Gasteiger partial charge is 0.318 e. The number of halogens is 1. The number of benzene rings is 1. The molecule has 2 nitrogen and oxygen atoms in total. The van der Waals surface area contributed by atoms with E-state index in [2.05, 4.69) is 32.2 Å². The summed E-state index contributed by atoms with van der Waals surface area (Å²) in [5.74, 6) is 0. The normalized spacial score (nSPS) is 11.3. The molecule has 0 spiro atoms. The van der Waals surface area contributed by atoms with Crippen LogP contribution in [0.25, 0.3) is 0 Å². The van der Waals surface area contributed by atoms with Crippen LogP contribution in [-0.4, -0.2) is 5.37 Å². The fourth-order valence-corrected chi connectivity index (χ4v) is 1.48. The second-order valence-electron chi connectivity index (χ2n) is 4.68. The molecule has 0 saturated carbocycles. The molecule has 0 radical (unpaired) electrons. The lowest BCUT2D eigenvalue weighted by molar-refractivity contribution is 0.269. The minimum absolute atomic E-state index is 0.119. The number of amides is 1. The fraction of sp³-hybridized carbons (Fsp3) is 0.417. The Bertz CT molecular complexity index is 380. The van der Waals surface area contributed by atoms with Crippen molar-refractivity contribution in [3.63, 3.8) is 0 Å². The van der Waals surface area contributed by atoms with Gasteiger partial charge < -0.3 is 5.32 Å². The maximum absolute atomic E-state index is 10.7. The van der Waals surface area contributed by atoms with Gasteiger partial charge in [0, 0.05) is 5.69 Å². The standard InChI is InChI=1S/C12H16ClNO/c1-8-7-9(12(2,3)4)5-6-10(8)14-11(13)15/h5-7H,1-4H3,(H,14,15). The summed E-state index contributed by atoms with van der Waals surface area (Å²) in [7, 11) is 0. The monoisotopic (exact) mass is 225 g/mol. The lowest BCUT2D eigenvalue weighted by atomic mass is 9.86. The number of rotatable bonds is 1. The first-order valence-electron chi connectivity index (χ1n) is 4.88. The summed E-state index contributed by atoms with van der Waals surface area (Å²) in [6.07, 6.45) is 0. The summed E-state index contributed by atoms with van der Waals surface area (Å²) in [5, 5.41) is 2.02. The van der Waals surface area contributed by atoms with Gasteiger partial charge in [-0.2, -0.15) is 0 Å². The third kappa shape index (κ3) is 3.24. The zero-order valence-electron chi connectivity index (χ0n) is 9.52. The van der Waals surface area contributed by atoms with Crippen molar-refractivity contribution in [1.82, 2.24) is 0 Å². The van der Waals surface area contributed by atoms with Crippen LogP contribution < -0.4 is 5.32 Å². The van der Waals surface area contributed by atoms with Gasteiger partial charge >= 0.3 is 5.37 Å². The molecule has 1 aromatic rings. The molecule has 0 heterocycles. The third-order valence-corrected chi connectivity index (χ3v) is 2.42. The Balaban J connectivity index is 3.03. The van der Waals surface area contributed by atoms with Crippen molar-refractivity contribution in [2.24, 2.45) is 0 Å². The van der Waals surface area contributed by atoms with Crippen molar-refractivity contribution < 1.29 is 4.79 Å². The Hall–Kier alpha value is -1.02. The van der Waals surface area contributed by atoms with Crippen LogP contribution in [0.15, 0.2) is 18.2 Å². The van der Waals surface area contributed by atoms with Crippen LogP contribution in [0.3, 0.4) is 0 Å². The highest BCUT2D eigenvalue weighted by atomic mass is 35.5. The summed E-state index contributed by atoms with van der Waals surface area (Å²) < 4.78 is 0. The molecule has 1 amide bonds. The van der Waals surface area contributed by atoms with Gasteiger partial charge in [-0.3, -0.25) is 4.79 Å². The van der Waals surface area contributed by atoms with Crippen molar-refractivity contribution in [2.45, 2.75) is 33.1 Å². The van der Waals surface area contributed by atoms with Crippen molar-refractivity contribution in [2.75, 3.05) is 5.32 Å². The Labute approximate surface area is 95.6 Å². The van der Waals surface area contributed by atoms with E-state index in [0.717, 1.165) is 11.3 Å². The second kappa shape index (κ2) is 4.23. The smallest absolute Gasteiger partial charge is 0.312 e. The number of aryl methyl sites for hydroxylation is 1. The van der Waals surface area contributed by atoms with Crippen LogP contribution in [0.4, 0.5) is 10.5 Å². The van der Waals surface area contributed by atoms with Gasteiger partial charge in [0.2, 0.25) is 0 Å². The second-order valence-corrected chi connectivity index (χ2v) is 5.02. The van der Waals surface area contributed by atoms with Gasteiger partial charge in [-0.25, -0.2) is 0 Å². The lowest BCUT2D eigenvalue weighted by Gasteiger charge is -2.20. The quantitative estimate of drug-likeness (QED) is 0.567. The molecule has 1 N–H and O–H groups in total. The molecule has 0 aliphatic heterocycles. The van der Waals surface area contributed by atoms with E-state index >= 15 is 0 Å². The Morgan fingerprint density at radius 2 is 1.93 bits per heavy atom. The lowest BCUT2D eigenvalue weighted by Crippen LogP contribution is -2.12. The highest BCUT2D eigenvalue weighted by Gasteiger charge is 2.14. The van der Waals surface area contributed by atoms with E-state index in [1.807, 2.05) is 19.1 Å². The molecule has 3 heteroatoms.